The van der Waals surface area contributed by atoms with Gasteiger partial charge in [-0.25, -0.2) is 9.59 Å². The number of carboxylic acids is 1. The number of nitrogens with one attached hydrogen (secondary N) is 2. The van der Waals surface area contributed by atoms with Crippen molar-refractivity contribution in [2.24, 2.45) is 5.73 Å². The van der Waals surface area contributed by atoms with Crippen molar-refractivity contribution in [3.05, 3.63) is 59.7 Å². The first kappa shape index (κ1) is 36.8. The van der Waals surface area contributed by atoms with Gasteiger partial charge in [-0.15, -0.1) is 0 Å². The van der Waals surface area contributed by atoms with Gasteiger partial charge in [0.25, 0.3) is 0 Å². The predicted molar refractivity (Wildman–Crippen MR) is 173 cm³/mol. The number of amides is 3. The van der Waals surface area contributed by atoms with Crippen molar-refractivity contribution < 1.29 is 43.3 Å². The fraction of sp³-hybridized carbons (Fsp3) is 0.500. The van der Waals surface area contributed by atoms with E-state index in [4.69, 9.17) is 19.9 Å². The third kappa shape index (κ3) is 9.92. The van der Waals surface area contributed by atoms with Gasteiger partial charge in [-0.2, -0.15) is 0 Å². The Morgan fingerprint density at radius 1 is 1.04 bits per heavy atom. The number of benzene rings is 2. The molecular weight excluding hydrogens is 608 g/mol. The van der Waals surface area contributed by atoms with Crippen LogP contribution in [0.4, 0.5) is 0 Å². The molecule has 1 fully saturated rings. The number of carbonyl (C=O) groups excluding carboxylic acids is 4. The average molecular weight is 655 g/mol. The van der Waals surface area contributed by atoms with Crippen LogP contribution in [0, 0.1) is 0 Å². The minimum absolute atomic E-state index is 0.0376. The van der Waals surface area contributed by atoms with Crippen molar-refractivity contribution in [3.63, 3.8) is 0 Å². The second kappa shape index (κ2) is 17.3. The Morgan fingerprint density at radius 3 is 2.38 bits per heavy atom. The summed E-state index contributed by atoms with van der Waals surface area (Å²) in [5.41, 5.74) is 5.83. The molecule has 47 heavy (non-hydrogen) atoms. The van der Waals surface area contributed by atoms with Crippen LogP contribution in [0.3, 0.4) is 0 Å². The Morgan fingerprint density at radius 2 is 1.74 bits per heavy atom. The van der Waals surface area contributed by atoms with Gasteiger partial charge >= 0.3 is 11.9 Å². The molecule has 1 saturated heterocycles. The Hall–Kier alpha value is -4.65. The van der Waals surface area contributed by atoms with Crippen molar-refractivity contribution in [2.45, 2.75) is 82.5 Å². The highest BCUT2D eigenvalue weighted by atomic mass is 16.5. The predicted octanol–water partition coefficient (Wildman–Crippen LogP) is 2.45. The van der Waals surface area contributed by atoms with E-state index in [-0.39, 0.29) is 26.0 Å². The van der Waals surface area contributed by atoms with E-state index in [9.17, 15) is 29.1 Å². The first-order valence-electron chi connectivity index (χ1n) is 15.8. The molecule has 0 saturated carbocycles. The fourth-order valence-electron chi connectivity index (χ4n) is 5.34. The van der Waals surface area contributed by atoms with Gasteiger partial charge < -0.3 is 40.6 Å². The summed E-state index contributed by atoms with van der Waals surface area (Å²) in [6.45, 7) is 3.69. The van der Waals surface area contributed by atoms with Crippen LogP contribution in [0.1, 0.15) is 68.3 Å². The van der Waals surface area contributed by atoms with Crippen LogP contribution in [-0.4, -0.2) is 90.7 Å². The summed E-state index contributed by atoms with van der Waals surface area (Å²) in [4.78, 5) is 65.8. The molecule has 2 aromatic carbocycles. The van der Waals surface area contributed by atoms with Crippen LogP contribution in [0.15, 0.2) is 48.5 Å². The van der Waals surface area contributed by atoms with Gasteiger partial charge in [-0.05, 0) is 75.3 Å². The van der Waals surface area contributed by atoms with E-state index in [1.54, 1.807) is 62.4 Å². The third-order valence-corrected chi connectivity index (χ3v) is 8.41. The fourth-order valence-corrected chi connectivity index (χ4v) is 5.34. The highest BCUT2D eigenvalue weighted by Gasteiger charge is 2.41. The number of ether oxygens (including phenoxy) is 3. The zero-order valence-electron chi connectivity index (χ0n) is 27.5. The summed E-state index contributed by atoms with van der Waals surface area (Å²) in [6, 6.07) is 10.7. The Kier molecular flexibility index (Phi) is 13.6. The molecule has 1 aliphatic rings. The van der Waals surface area contributed by atoms with Crippen LogP contribution in [0.25, 0.3) is 0 Å². The number of likely N-dealkylation sites (tertiary alicyclic amines) is 1. The second-order valence-electron chi connectivity index (χ2n) is 11.7. The highest BCUT2D eigenvalue weighted by molar-refractivity contribution is 5.96. The molecule has 0 aliphatic carbocycles. The average Bonchev–Trinajstić information content (AvgIpc) is 3.58. The van der Waals surface area contributed by atoms with Crippen LogP contribution in [0.2, 0.25) is 0 Å². The van der Waals surface area contributed by atoms with Crippen LogP contribution in [-0.2, 0) is 30.3 Å². The lowest BCUT2D eigenvalue weighted by molar-refractivity contribution is -0.149. The number of nitrogens with two attached hydrogens (primary N) is 1. The number of carboxylic acid groups (broad SMARTS) is 1. The summed E-state index contributed by atoms with van der Waals surface area (Å²) < 4.78 is 16.0. The lowest BCUT2D eigenvalue weighted by atomic mass is 9.94. The summed E-state index contributed by atoms with van der Waals surface area (Å²) in [6.07, 6.45) is 2.36. The molecule has 1 heterocycles. The zero-order chi connectivity index (χ0) is 34.6. The Balaban J connectivity index is 1.65. The molecule has 3 rings (SSSR count). The number of rotatable bonds is 17. The molecule has 13 heteroatoms. The second-order valence-corrected chi connectivity index (χ2v) is 11.7. The van der Waals surface area contributed by atoms with E-state index in [2.05, 4.69) is 10.6 Å². The molecule has 2 aromatic rings. The van der Waals surface area contributed by atoms with Crippen molar-refractivity contribution >= 4 is 29.7 Å². The first-order valence-corrected chi connectivity index (χ1v) is 15.8. The Bertz CT molecular complexity index is 1400. The molecule has 0 bridgehead atoms. The lowest BCUT2D eigenvalue weighted by Gasteiger charge is -2.33. The highest BCUT2D eigenvalue weighted by Crippen LogP contribution is 2.29. The molecule has 1 aliphatic heterocycles. The lowest BCUT2D eigenvalue weighted by Crippen LogP contribution is -2.63. The van der Waals surface area contributed by atoms with Gasteiger partial charge in [0.15, 0.2) is 11.5 Å². The summed E-state index contributed by atoms with van der Waals surface area (Å²) in [5, 5.41) is 15.2. The molecule has 4 atom stereocenters. The van der Waals surface area contributed by atoms with E-state index in [0.29, 0.717) is 54.7 Å². The van der Waals surface area contributed by atoms with E-state index in [1.807, 2.05) is 0 Å². The third-order valence-electron chi connectivity index (χ3n) is 8.41. The molecule has 0 spiro atoms. The number of hydrogen-bond donors (Lipinski definition) is 4. The van der Waals surface area contributed by atoms with Gasteiger partial charge in [-0.1, -0.05) is 31.2 Å². The number of esters is 1. The first-order chi connectivity index (χ1) is 22.4. The molecule has 0 aromatic heterocycles. The zero-order valence-corrected chi connectivity index (χ0v) is 27.5. The van der Waals surface area contributed by atoms with Crippen LogP contribution < -0.4 is 25.8 Å². The van der Waals surface area contributed by atoms with Gasteiger partial charge in [0.1, 0.15) is 17.6 Å². The number of hydrogen-bond acceptors (Lipinski definition) is 9. The maximum Gasteiger partial charge on any atom is 0.338 e. The summed E-state index contributed by atoms with van der Waals surface area (Å²) in [7, 11) is 2.98. The van der Waals surface area contributed by atoms with E-state index in [0.717, 1.165) is 0 Å². The van der Waals surface area contributed by atoms with Gasteiger partial charge in [0, 0.05) is 13.0 Å². The topological polar surface area (TPSA) is 187 Å². The normalized spacial score (nSPS) is 16.7. The molecule has 0 radical (unpaired) electrons. The van der Waals surface area contributed by atoms with E-state index in [1.165, 1.54) is 19.1 Å². The van der Waals surface area contributed by atoms with Crippen LogP contribution >= 0.6 is 0 Å². The molecule has 3 amide bonds. The molecule has 5 N–H and O–H groups in total. The van der Waals surface area contributed by atoms with Crippen molar-refractivity contribution in [1.82, 2.24) is 15.5 Å². The molecule has 13 nitrogen and oxygen atoms in total. The Labute approximate surface area is 275 Å². The summed E-state index contributed by atoms with van der Waals surface area (Å²) >= 11 is 0. The van der Waals surface area contributed by atoms with Crippen molar-refractivity contribution in [2.75, 3.05) is 27.4 Å². The SMILES string of the molecule is CC[C@](C)(NC(=O)[C@@H](N)CCCCOC(=O)c1ccccc1)C(=O)N[C@@H](Cc1ccc(OC)c(OC)c1)C(=O)N1CCC[C@@H]1C(=O)O. The standard InChI is InChI=1S/C34H46N4O9/c1-5-34(2,37-29(39)24(35)14-9-10-19-47-32(43)23-12-7-6-8-13-23)33(44)36-25(30(40)38-18-11-15-26(38)31(41)42)20-22-16-17-27(45-3)28(21-22)46-4/h6-8,12-13,16-17,21,24-26H,5,9-11,14-15,18-20,35H2,1-4H3,(H,36,44)(H,37,39)(H,41,42)/t24-,25-,26+,34-/m0/s1. The van der Waals surface area contributed by atoms with Gasteiger partial charge in [0.2, 0.25) is 17.7 Å². The minimum Gasteiger partial charge on any atom is -0.493 e. The van der Waals surface area contributed by atoms with Crippen LogP contribution in [0.5, 0.6) is 11.5 Å². The number of unbranched alkanes of at least 4 members (excludes halogenated alkanes) is 1. The molecule has 0 unspecified atom stereocenters. The maximum atomic E-state index is 13.8. The van der Waals surface area contributed by atoms with E-state index >= 15 is 0 Å². The quantitative estimate of drug-likeness (QED) is 0.146. The molecular formula is C34H46N4O9. The van der Waals surface area contributed by atoms with Gasteiger partial charge in [-0.3, -0.25) is 14.4 Å². The number of nitrogens with zero attached hydrogens (tertiary/aromatic N) is 1. The maximum absolute atomic E-state index is 13.8. The smallest absolute Gasteiger partial charge is 0.338 e. The largest absolute Gasteiger partial charge is 0.493 e. The summed E-state index contributed by atoms with van der Waals surface area (Å²) in [5.74, 6) is -2.31. The molecule has 256 valence electrons. The monoisotopic (exact) mass is 654 g/mol. The number of carbonyl (C=O) groups is 5. The number of methoxy groups -OCH3 is 2. The van der Waals surface area contributed by atoms with Crippen molar-refractivity contribution in [1.29, 1.82) is 0 Å². The van der Waals surface area contributed by atoms with Gasteiger partial charge in [0.05, 0.1) is 32.4 Å². The van der Waals surface area contributed by atoms with Crippen molar-refractivity contribution in [3.8, 4) is 11.5 Å². The number of aliphatic carboxylic acids is 1. The minimum atomic E-state index is -1.42. The van der Waals surface area contributed by atoms with E-state index < -0.39 is 53.3 Å².